The molecule has 2 saturated heterocycles. The highest BCUT2D eigenvalue weighted by atomic mass is 16.5. The number of nitrogens with zero attached hydrogens (tertiary/aromatic N) is 8. The minimum absolute atomic E-state index is 0.00731. The van der Waals surface area contributed by atoms with Crippen molar-refractivity contribution in [3.05, 3.63) is 71.8 Å². The zero-order valence-corrected chi connectivity index (χ0v) is 60.0. The fraction of sp³-hybridized carbons (Fsp3) is 0.657. The Morgan fingerprint density at radius 3 is 1.41 bits per heavy atom. The molecule has 0 aromatic heterocycles. The summed E-state index contributed by atoms with van der Waals surface area (Å²) in [7, 11) is 8.97. The van der Waals surface area contributed by atoms with Gasteiger partial charge in [0.15, 0.2) is 6.04 Å². The first-order chi connectivity index (χ1) is 45.0. The number of benzene rings is 2. The molecule has 26 nitrogen and oxygen atoms in total. The van der Waals surface area contributed by atoms with Crippen LogP contribution < -0.4 is 21.3 Å². The molecule has 6 unspecified atom stereocenters. The summed E-state index contributed by atoms with van der Waals surface area (Å²) in [6, 6.07) is 1.81. The van der Waals surface area contributed by atoms with Gasteiger partial charge in [-0.05, 0) is 92.6 Å². The lowest BCUT2D eigenvalue weighted by atomic mass is 9.96. The van der Waals surface area contributed by atoms with E-state index in [-0.39, 0.29) is 75.5 Å². The summed E-state index contributed by atoms with van der Waals surface area (Å²) in [6.07, 6.45) is 0.655. The zero-order chi connectivity index (χ0) is 72.2. The third kappa shape index (κ3) is 22.3. The quantitative estimate of drug-likeness (QED) is 0.104. The summed E-state index contributed by atoms with van der Waals surface area (Å²) >= 11 is 0. The van der Waals surface area contributed by atoms with E-state index < -0.39 is 144 Å². The maximum atomic E-state index is 15.5. The van der Waals surface area contributed by atoms with E-state index in [2.05, 4.69) is 21.3 Å². The van der Waals surface area contributed by atoms with Crippen LogP contribution in [-0.4, -0.2) is 252 Å². The maximum Gasteiger partial charge on any atom is 0.326 e. The van der Waals surface area contributed by atoms with Crippen LogP contribution in [0, 0.1) is 29.6 Å². The van der Waals surface area contributed by atoms with E-state index in [9.17, 15) is 38.7 Å². The number of likely N-dealkylation sites (tertiary alicyclic amines) is 1. The number of rotatable bonds is 18. The Morgan fingerprint density at radius 2 is 0.906 bits per heavy atom. The van der Waals surface area contributed by atoms with Crippen molar-refractivity contribution < 1.29 is 67.4 Å². The summed E-state index contributed by atoms with van der Waals surface area (Å²) in [5.41, 5.74) is 1.28. The van der Waals surface area contributed by atoms with Gasteiger partial charge in [-0.25, -0.2) is 9.59 Å². The highest BCUT2D eigenvalue weighted by Crippen LogP contribution is 2.24. The average molecular weight is 1340 g/mol. The van der Waals surface area contributed by atoms with Crippen molar-refractivity contribution >= 4 is 71.1 Å². The number of aliphatic hydroxyl groups excluding tert-OH is 1. The fourth-order valence-electron chi connectivity index (χ4n) is 11.7. The molecule has 2 aliphatic heterocycles. The normalized spacial score (nSPS) is 24.5. The van der Waals surface area contributed by atoms with E-state index in [0.29, 0.717) is 40.2 Å². The highest BCUT2D eigenvalue weighted by Gasteiger charge is 2.45. The van der Waals surface area contributed by atoms with Gasteiger partial charge in [0.05, 0.1) is 12.7 Å². The number of nitrogens with one attached hydrogen (secondary N) is 4. The molecule has 0 aliphatic carbocycles. The molecule has 0 bridgehead atoms. The van der Waals surface area contributed by atoms with Crippen LogP contribution in [0.2, 0.25) is 0 Å². The standard InChI is InChI=1S/C70H110N12O14/c1-42(2)32-35-96-41-50-62(87)77(14)54(38-45(7)8)63(88)76(13)53(39-48-28-22-19-23-29-48)61(86)72-56(46(9)10)65(90)78(15)55(40-49-30-24-20-25-31-49)64(89)75(12)51(36-43(3)4)59(84)73-57(47(11)83)66(91)81(18)70(95)79(16)52(37-44(5)6)60(85)74-58(67(92)80(17)69(94)71-50)68(93)82-33-26-21-27-34-82/h19-20,22-25,28-31,42-47,50-58,83H,21,26-27,32-41H2,1-18H3,(H,71,94)(H,72,86)(H,73,84)(H,74,85)/t47-,50-,51?,52?,53?,54?,55-,56?,57?,58+/m1/s1. The highest BCUT2D eigenvalue weighted by molar-refractivity contribution is 6.12. The lowest BCUT2D eigenvalue weighted by Gasteiger charge is -2.38. The Kier molecular flexibility index (Phi) is 31.4. The molecule has 2 aromatic carbocycles. The number of piperidine rings is 1. The van der Waals surface area contributed by atoms with E-state index in [1.165, 1.54) is 61.8 Å². The van der Waals surface area contributed by atoms with Crippen LogP contribution in [0.3, 0.4) is 0 Å². The minimum atomic E-state index is -2.07. The molecule has 14 amide bonds. The van der Waals surface area contributed by atoms with E-state index in [1.807, 2.05) is 41.5 Å². The van der Waals surface area contributed by atoms with Crippen LogP contribution in [0.4, 0.5) is 9.59 Å². The van der Waals surface area contributed by atoms with E-state index >= 15 is 24.0 Å². The van der Waals surface area contributed by atoms with Gasteiger partial charge in [-0.3, -0.25) is 57.7 Å². The van der Waals surface area contributed by atoms with Gasteiger partial charge in [0.25, 0.3) is 17.7 Å². The van der Waals surface area contributed by atoms with Gasteiger partial charge in [-0.15, -0.1) is 0 Å². The van der Waals surface area contributed by atoms with Crippen LogP contribution >= 0.6 is 0 Å². The van der Waals surface area contributed by atoms with E-state index in [1.54, 1.807) is 88.4 Å². The lowest BCUT2D eigenvalue weighted by Crippen LogP contribution is -2.64. The summed E-state index contributed by atoms with van der Waals surface area (Å²) in [6.45, 7) is 19.5. The molecule has 10 atom stereocenters. The Labute approximate surface area is 568 Å². The van der Waals surface area contributed by atoms with Crippen LogP contribution in [0.25, 0.3) is 0 Å². The minimum Gasteiger partial charge on any atom is -0.391 e. The van der Waals surface area contributed by atoms with Gasteiger partial charge in [0, 0.05) is 81.9 Å². The van der Waals surface area contributed by atoms with Gasteiger partial charge < -0.3 is 60.5 Å². The van der Waals surface area contributed by atoms with Gasteiger partial charge in [0.1, 0.15) is 48.3 Å². The molecule has 2 fully saturated rings. The third-order valence-electron chi connectivity index (χ3n) is 17.8. The smallest absolute Gasteiger partial charge is 0.326 e. The van der Waals surface area contributed by atoms with Crippen LogP contribution in [0.15, 0.2) is 60.7 Å². The first-order valence-electron chi connectivity index (χ1n) is 33.7. The Balaban J connectivity index is 2.02. The number of carbonyl (C=O) groups is 12. The number of ether oxygens (including phenoxy) is 1. The second kappa shape index (κ2) is 37.5. The van der Waals surface area contributed by atoms with Crippen molar-refractivity contribution in [3.63, 3.8) is 0 Å². The molecule has 26 heteroatoms. The number of imide groups is 2. The second-order valence-electron chi connectivity index (χ2n) is 27.9. The largest absolute Gasteiger partial charge is 0.391 e. The molecule has 534 valence electrons. The van der Waals surface area contributed by atoms with E-state index in [4.69, 9.17) is 4.74 Å². The second-order valence-corrected chi connectivity index (χ2v) is 27.9. The molecule has 0 spiro atoms. The molecule has 96 heavy (non-hydrogen) atoms. The first-order valence-corrected chi connectivity index (χ1v) is 33.7. The van der Waals surface area contributed by atoms with Crippen molar-refractivity contribution in [1.29, 1.82) is 0 Å². The average Bonchev–Trinajstić information content (AvgIpc) is 0.831. The summed E-state index contributed by atoms with van der Waals surface area (Å²) in [5.74, 6) is -10.1. The maximum absolute atomic E-state index is 15.5. The predicted molar refractivity (Wildman–Crippen MR) is 363 cm³/mol. The van der Waals surface area contributed by atoms with Crippen LogP contribution in [0.5, 0.6) is 0 Å². The Morgan fingerprint density at radius 1 is 0.469 bits per heavy atom. The topological polar surface area (TPSA) is 308 Å². The number of hydrogen-bond acceptors (Lipinski definition) is 14. The molecule has 4 rings (SSSR count). The molecule has 2 heterocycles. The molecular weight excluding hydrogens is 1230 g/mol. The molecule has 5 N–H and O–H groups in total. The number of aliphatic hydroxyl groups is 1. The number of hydrogen-bond donors (Lipinski definition) is 5. The van der Waals surface area contributed by atoms with Crippen LogP contribution in [0.1, 0.15) is 132 Å². The fourth-order valence-corrected chi connectivity index (χ4v) is 11.7. The summed E-state index contributed by atoms with van der Waals surface area (Å²) < 4.78 is 6.02. The zero-order valence-electron chi connectivity index (χ0n) is 60.0. The number of likely N-dealkylation sites (N-methyl/N-ethyl adjacent to an activating group) is 7. The lowest BCUT2D eigenvalue weighted by molar-refractivity contribution is -0.151. The summed E-state index contributed by atoms with van der Waals surface area (Å²) in [5, 5.41) is 21.9. The van der Waals surface area contributed by atoms with Crippen molar-refractivity contribution in [2.24, 2.45) is 29.6 Å². The number of carbonyl (C=O) groups excluding carboxylic acids is 12. The first kappa shape index (κ1) is 80.4. The van der Waals surface area contributed by atoms with Gasteiger partial charge in [-0.1, -0.05) is 130 Å². The monoisotopic (exact) mass is 1340 g/mol. The third-order valence-corrected chi connectivity index (χ3v) is 17.8. The molecule has 0 radical (unpaired) electrons. The molecule has 2 aromatic rings. The molecular formula is C70H110N12O14. The van der Waals surface area contributed by atoms with Crippen molar-refractivity contribution in [2.45, 2.75) is 194 Å². The van der Waals surface area contributed by atoms with Gasteiger partial charge in [-0.2, -0.15) is 0 Å². The van der Waals surface area contributed by atoms with Crippen molar-refractivity contribution in [2.75, 3.05) is 75.6 Å². The van der Waals surface area contributed by atoms with Crippen LogP contribution in [-0.2, 0) is 65.5 Å². The predicted octanol–water partition coefficient (Wildman–Crippen LogP) is 3.91. The summed E-state index contributed by atoms with van der Waals surface area (Å²) in [4.78, 5) is 188. The van der Waals surface area contributed by atoms with E-state index in [0.717, 1.165) is 30.3 Å². The number of amides is 14. The molecule has 0 saturated carbocycles. The molecule has 2 aliphatic rings. The SMILES string of the molecule is CC(C)CCOC[C@H]1NC(=O)N(C)C(=O)[C@@H](C(=O)N2CCCCC2)NC(=O)C(CC(C)C)N(C)C(=O)N(C)C(=O)C([C@@H](C)O)NC(=O)C(CC(C)C)N(C)C(=O)[C@@H](Cc2ccccc2)N(C)C(=O)C(C(C)C)NC(=O)C(Cc2ccccc2)N(C)C(=O)C(CC(C)C)N(C)C1=O. The Bertz CT molecular complexity index is 2980. The van der Waals surface area contributed by atoms with Crippen molar-refractivity contribution in [1.82, 2.24) is 60.5 Å². The number of urea groups is 2. The van der Waals surface area contributed by atoms with Gasteiger partial charge in [0.2, 0.25) is 41.4 Å². The van der Waals surface area contributed by atoms with Gasteiger partial charge >= 0.3 is 12.1 Å². The van der Waals surface area contributed by atoms with Crippen molar-refractivity contribution in [3.8, 4) is 0 Å². The Hall–Kier alpha value is -8.00.